The van der Waals surface area contributed by atoms with Gasteiger partial charge in [0.15, 0.2) is 5.13 Å². The van der Waals surface area contributed by atoms with Crippen LogP contribution in [0.4, 0.5) is 5.13 Å². The molecule has 0 N–H and O–H groups in total. The standard InChI is InChI=1S/C25H27N3O4S2/c1-5-27(6-2)34(30,31)21-11-9-19(10-12-21)24(29)28(16-20-8-7-13-32-20)25-26-23-18(4)14-17(3)15-22(23)33-25/h7-15H,5-6,16H2,1-4H3. The Kier molecular flexibility index (Phi) is 6.88. The molecule has 0 aliphatic carbocycles. The molecular weight excluding hydrogens is 470 g/mol. The SMILES string of the molecule is CCN(CC)S(=O)(=O)c1ccc(C(=O)N(Cc2ccco2)c2nc3c(C)cc(C)cc3s2)cc1. The number of aryl methyl sites for hydroxylation is 2. The predicted molar refractivity (Wildman–Crippen MR) is 135 cm³/mol. The summed E-state index contributed by atoms with van der Waals surface area (Å²) in [5, 5.41) is 0.560. The number of hydrogen-bond acceptors (Lipinski definition) is 6. The van der Waals surface area contributed by atoms with Crippen molar-refractivity contribution >= 4 is 42.6 Å². The lowest BCUT2D eigenvalue weighted by molar-refractivity contribution is 0.0983. The van der Waals surface area contributed by atoms with Crippen LogP contribution in [0, 0.1) is 13.8 Å². The molecular formula is C25H27N3O4S2. The average Bonchev–Trinajstić information content (AvgIpc) is 3.47. The maximum atomic E-state index is 13.6. The van der Waals surface area contributed by atoms with Gasteiger partial charge >= 0.3 is 0 Å². The number of furan rings is 1. The van der Waals surface area contributed by atoms with Gasteiger partial charge in [0.05, 0.1) is 27.9 Å². The highest BCUT2D eigenvalue weighted by molar-refractivity contribution is 7.89. The summed E-state index contributed by atoms with van der Waals surface area (Å²) in [5.41, 5.74) is 3.42. The molecule has 0 aliphatic rings. The van der Waals surface area contributed by atoms with Gasteiger partial charge in [-0.15, -0.1) is 0 Å². The van der Waals surface area contributed by atoms with Gasteiger partial charge < -0.3 is 4.42 Å². The Labute approximate surface area is 203 Å². The van der Waals surface area contributed by atoms with E-state index in [-0.39, 0.29) is 17.3 Å². The van der Waals surface area contributed by atoms with Crippen molar-refractivity contribution in [2.24, 2.45) is 0 Å². The van der Waals surface area contributed by atoms with E-state index in [1.807, 2.05) is 19.9 Å². The normalized spacial score (nSPS) is 11.9. The van der Waals surface area contributed by atoms with Crippen molar-refractivity contribution in [2.45, 2.75) is 39.1 Å². The van der Waals surface area contributed by atoms with Gasteiger partial charge in [-0.3, -0.25) is 9.69 Å². The van der Waals surface area contributed by atoms with Crippen molar-refractivity contribution in [2.75, 3.05) is 18.0 Å². The maximum absolute atomic E-state index is 13.6. The first-order valence-electron chi connectivity index (χ1n) is 11.1. The highest BCUT2D eigenvalue weighted by atomic mass is 32.2. The van der Waals surface area contributed by atoms with Crippen LogP contribution in [0.2, 0.25) is 0 Å². The van der Waals surface area contributed by atoms with E-state index in [0.29, 0.717) is 29.5 Å². The van der Waals surface area contributed by atoms with Crippen molar-refractivity contribution in [1.82, 2.24) is 9.29 Å². The Morgan fingerprint density at radius 3 is 2.38 bits per heavy atom. The van der Waals surface area contributed by atoms with Gasteiger partial charge in [-0.05, 0) is 67.4 Å². The van der Waals surface area contributed by atoms with E-state index in [9.17, 15) is 13.2 Å². The van der Waals surface area contributed by atoms with E-state index in [0.717, 1.165) is 21.3 Å². The van der Waals surface area contributed by atoms with E-state index < -0.39 is 10.0 Å². The second-order valence-corrected chi connectivity index (χ2v) is 11.0. The monoisotopic (exact) mass is 497 g/mol. The summed E-state index contributed by atoms with van der Waals surface area (Å²) < 4.78 is 33.5. The molecule has 0 spiro atoms. The molecule has 2 aromatic carbocycles. The number of carbonyl (C=O) groups excluding carboxylic acids is 1. The van der Waals surface area contributed by atoms with E-state index in [1.54, 1.807) is 43.2 Å². The molecule has 0 saturated carbocycles. The number of benzene rings is 2. The largest absolute Gasteiger partial charge is 0.467 e. The first-order chi connectivity index (χ1) is 16.2. The smallest absolute Gasteiger partial charge is 0.260 e. The minimum Gasteiger partial charge on any atom is -0.467 e. The fourth-order valence-corrected chi connectivity index (χ4v) is 6.49. The van der Waals surface area contributed by atoms with Crippen molar-refractivity contribution < 1.29 is 17.6 Å². The molecule has 0 atom stereocenters. The van der Waals surface area contributed by atoms with Gasteiger partial charge in [-0.25, -0.2) is 13.4 Å². The molecule has 0 bridgehead atoms. The molecule has 1 amide bonds. The lowest BCUT2D eigenvalue weighted by Gasteiger charge is -2.20. The Morgan fingerprint density at radius 1 is 1.06 bits per heavy atom. The van der Waals surface area contributed by atoms with Gasteiger partial charge in [-0.1, -0.05) is 31.3 Å². The number of sulfonamides is 1. The number of hydrogen-bond donors (Lipinski definition) is 0. The highest BCUT2D eigenvalue weighted by Crippen LogP contribution is 2.33. The zero-order valence-electron chi connectivity index (χ0n) is 19.6. The van der Waals surface area contributed by atoms with Gasteiger partial charge in [0.2, 0.25) is 10.0 Å². The first kappa shape index (κ1) is 24.1. The number of thiazole rings is 1. The van der Waals surface area contributed by atoms with Gasteiger partial charge in [0.25, 0.3) is 5.91 Å². The van der Waals surface area contributed by atoms with Crippen LogP contribution in [0.1, 0.15) is 41.1 Å². The number of rotatable bonds is 8. The van der Waals surface area contributed by atoms with Crippen LogP contribution in [0.5, 0.6) is 0 Å². The van der Waals surface area contributed by atoms with Crippen molar-refractivity contribution in [3.05, 3.63) is 77.2 Å². The summed E-state index contributed by atoms with van der Waals surface area (Å²) in [4.78, 5) is 20.1. The second kappa shape index (κ2) is 9.69. The Bertz CT molecular complexity index is 1400. The molecule has 7 nitrogen and oxygen atoms in total. The Balaban J connectivity index is 1.71. The topological polar surface area (TPSA) is 83.7 Å². The molecule has 4 rings (SSSR count). The molecule has 0 unspecified atom stereocenters. The van der Waals surface area contributed by atoms with Crippen LogP contribution in [0.25, 0.3) is 10.2 Å². The number of fused-ring (bicyclic) bond motifs is 1. The zero-order chi connectivity index (χ0) is 24.5. The Morgan fingerprint density at radius 2 is 1.76 bits per heavy atom. The molecule has 34 heavy (non-hydrogen) atoms. The van der Waals surface area contributed by atoms with Gasteiger partial charge in [-0.2, -0.15) is 4.31 Å². The maximum Gasteiger partial charge on any atom is 0.260 e. The number of aromatic nitrogens is 1. The molecule has 2 heterocycles. The Hall–Kier alpha value is -3.01. The van der Waals surface area contributed by atoms with E-state index >= 15 is 0 Å². The van der Waals surface area contributed by atoms with Crippen LogP contribution >= 0.6 is 11.3 Å². The number of amides is 1. The van der Waals surface area contributed by atoms with Crippen LogP contribution in [-0.2, 0) is 16.6 Å². The van der Waals surface area contributed by atoms with Gasteiger partial charge in [0.1, 0.15) is 5.76 Å². The van der Waals surface area contributed by atoms with Crippen LogP contribution < -0.4 is 4.90 Å². The van der Waals surface area contributed by atoms with Crippen molar-refractivity contribution in [3.63, 3.8) is 0 Å². The number of anilines is 1. The van der Waals surface area contributed by atoms with Crippen LogP contribution in [0.15, 0.2) is 64.1 Å². The third kappa shape index (κ3) is 4.64. The summed E-state index contributed by atoms with van der Waals surface area (Å²) in [5.74, 6) is 0.345. The van der Waals surface area contributed by atoms with Crippen LogP contribution in [0.3, 0.4) is 0 Å². The minimum atomic E-state index is -3.60. The van der Waals surface area contributed by atoms with Crippen molar-refractivity contribution in [3.8, 4) is 0 Å². The fraction of sp³-hybridized carbons (Fsp3) is 0.280. The predicted octanol–water partition coefficient (Wildman–Crippen LogP) is 5.38. The molecule has 0 radical (unpaired) electrons. The molecule has 0 saturated heterocycles. The quantitative estimate of drug-likeness (QED) is 0.326. The second-order valence-electron chi connectivity index (χ2n) is 8.01. The molecule has 178 valence electrons. The first-order valence-corrected chi connectivity index (χ1v) is 13.3. The molecule has 9 heteroatoms. The van der Waals surface area contributed by atoms with E-state index in [4.69, 9.17) is 9.40 Å². The third-order valence-corrected chi connectivity index (χ3v) is 8.72. The summed E-state index contributed by atoms with van der Waals surface area (Å²) >= 11 is 1.45. The highest BCUT2D eigenvalue weighted by Gasteiger charge is 2.25. The minimum absolute atomic E-state index is 0.163. The number of nitrogens with zero attached hydrogens (tertiary/aromatic N) is 3. The van der Waals surface area contributed by atoms with E-state index in [2.05, 4.69) is 12.1 Å². The zero-order valence-corrected chi connectivity index (χ0v) is 21.2. The van der Waals surface area contributed by atoms with Gasteiger partial charge in [0, 0.05) is 18.7 Å². The third-order valence-electron chi connectivity index (χ3n) is 5.63. The van der Waals surface area contributed by atoms with Crippen molar-refractivity contribution in [1.29, 1.82) is 0 Å². The average molecular weight is 498 g/mol. The molecule has 4 aromatic rings. The summed E-state index contributed by atoms with van der Waals surface area (Å²) in [6, 6.07) is 13.8. The fourth-order valence-electron chi connectivity index (χ4n) is 3.90. The summed E-state index contributed by atoms with van der Waals surface area (Å²) in [7, 11) is -3.60. The summed E-state index contributed by atoms with van der Waals surface area (Å²) in [6.45, 7) is 8.61. The molecule has 2 aromatic heterocycles. The lowest BCUT2D eigenvalue weighted by atomic mass is 10.1. The van der Waals surface area contributed by atoms with E-state index in [1.165, 1.54) is 27.8 Å². The molecule has 0 aliphatic heterocycles. The number of carbonyl (C=O) groups is 1. The summed E-state index contributed by atoms with van der Waals surface area (Å²) in [6.07, 6.45) is 1.57. The van der Waals surface area contributed by atoms with Crippen LogP contribution in [-0.4, -0.2) is 36.7 Å². The lowest BCUT2D eigenvalue weighted by Crippen LogP contribution is -2.31. The molecule has 0 fully saturated rings.